The summed E-state index contributed by atoms with van der Waals surface area (Å²) in [5.41, 5.74) is 0. The zero-order valence-corrected chi connectivity index (χ0v) is 7.44. The fourth-order valence-corrected chi connectivity index (χ4v) is 0.520. The molecule has 0 radical (unpaired) electrons. The molecule has 0 aromatic carbocycles. The maximum absolute atomic E-state index is 4.31. The van der Waals surface area contributed by atoms with Gasteiger partial charge in [-0.25, -0.2) is 0 Å². The van der Waals surface area contributed by atoms with Crippen LogP contribution in [0.15, 0.2) is 37.0 Å². The van der Waals surface area contributed by atoms with Gasteiger partial charge in [-0.15, -0.1) is 0 Å². The zero-order chi connectivity index (χ0) is 8.04. The third-order valence-corrected chi connectivity index (χ3v) is 1.01. The summed E-state index contributed by atoms with van der Waals surface area (Å²) in [6.45, 7) is 7.63. The standard InChI is InChI=1S/C9H14S/c1-4-5-6-7-8-9(2,3)10/h4-8,10H,1H2,2-3H3/b6-5-,8-7+. The maximum Gasteiger partial charge on any atom is 0.0255 e. The van der Waals surface area contributed by atoms with E-state index >= 15 is 0 Å². The molecule has 10 heavy (non-hydrogen) atoms. The van der Waals surface area contributed by atoms with E-state index in [-0.39, 0.29) is 4.75 Å². The number of allylic oxidation sites excluding steroid dienone is 4. The Hall–Kier alpha value is -0.430. The summed E-state index contributed by atoms with van der Waals surface area (Å²) in [7, 11) is 0. The Bertz CT molecular complexity index is 147. The quantitative estimate of drug-likeness (QED) is 0.469. The van der Waals surface area contributed by atoms with Crippen LogP contribution < -0.4 is 0 Å². The minimum Gasteiger partial charge on any atom is -0.169 e. The van der Waals surface area contributed by atoms with Crippen LogP contribution in [0.5, 0.6) is 0 Å². The maximum atomic E-state index is 4.31. The van der Waals surface area contributed by atoms with Crippen molar-refractivity contribution in [3.8, 4) is 0 Å². The van der Waals surface area contributed by atoms with Crippen molar-refractivity contribution < 1.29 is 0 Å². The molecule has 0 heterocycles. The SMILES string of the molecule is C=C/C=C\C=C\C(C)(C)S. The third kappa shape index (κ3) is 7.57. The van der Waals surface area contributed by atoms with Crippen molar-refractivity contribution in [2.75, 3.05) is 0 Å². The van der Waals surface area contributed by atoms with Gasteiger partial charge in [0.1, 0.15) is 0 Å². The van der Waals surface area contributed by atoms with Crippen molar-refractivity contribution in [3.63, 3.8) is 0 Å². The Balaban J connectivity index is 3.77. The summed E-state index contributed by atoms with van der Waals surface area (Å²) >= 11 is 4.31. The highest BCUT2D eigenvalue weighted by molar-refractivity contribution is 7.82. The molecule has 0 aliphatic rings. The van der Waals surface area contributed by atoms with E-state index in [4.69, 9.17) is 0 Å². The van der Waals surface area contributed by atoms with Crippen molar-refractivity contribution in [3.05, 3.63) is 37.0 Å². The molecule has 0 unspecified atom stereocenters. The fourth-order valence-electron chi connectivity index (χ4n) is 0.434. The van der Waals surface area contributed by atoms with E-state index in [1.807, 2.05) is 38.2 Å². The average molecular weight is 154 g/mol. The van der Waals surface area contributed by atoms with Gasteiger partial charge in [0.15, 0.2) is 0 Å². The lowest BCUT2D eigenvalue weighted by molar-refractivity contribution is 0.908. The number of thiol groups is 1. The molecule has 0 nitrogen and oxygen atoms in total. The summed E-state index contributed by atoms with van der Waals surface area (Å²) in [5.74, 6) is 0. The van der Waals surface area contributed by atoms with Crippen molar-refractivity contribution >= 4 is 12.6 Å². The number of hydrogen-bond acceptors (Lipinski definition) is 1. The number of rotatable bonds is 3. The molecule has 0 bridgehead atoms. The Morgan fingerprint density at radius 3 is 2.20 bits per heavy atom. The van der Waals surface area contributed by atoms with Crippen molar-refractivity contribution in [2.45, 2.75) is 18.6 Å². The van der Waals surface area contributed by atoms with Gasteiger partial charge in [0.05, 0.1) is 0 Å². The highest BCUT2D eigenvalue weighted by Gasteiger charge is 2.02. The first-order chi connectivity index (χ1) is 4.56. The molecule has 0 saturated heterocycles. The zero-order valence-electron chi connectivity index (χ0n) is 6.54. The molecular weight excluding hydrogens is 140 g/mol. The fraction of sp³-hybridized carbons (Fsp3) is 0.333. The minimum absolute atomic E-state index is 0.0223. The molecule has 0 rings (SSSR count). The van der Waals surface area contributed by atoms with Gasteiger partial charge in [-0.2, -0.15) is 12.6 Å². The van der Waals surface area contributed by atoms with Crippen molar-refractivity contribution in [1.29, 1.82) is 0 Å². The van der Waals surface area contributed by atoms with Crippen molar-refractivity contribution in [2.24, 2.45) is 0 Å². The molecule has 0 atom stereocenters. The van der Waals surface area contributed by atoms with E-state index in [1.54, 1.807) is 6.08 Å². The van der Waals surface area contributed by atoms with Gasteiger partial charge in [0, 0.05) is 4.75 Å². The normalized spacial score (nSPS) is 13.1. The lowest BCUT2D eigenvalue weighted by Crippen LogP contribution is -2.03. The Labute approximate surface area is 68.7 Å². The lowest BCUT2D eigenvalue weighted by Gasteiger charge is -2.08. The van der Waals surface area contributed by atoms with Crippen LogP contribution in [0.25, 0.3) is 0 Å². The third-order valence-electron chi connectivity index (χ3n) is 0.862. The van der Waals surface area contributed by atoms with E-state index in [9.17, 15) is 0 Å². The smallest absolute Gasteiger partial charge is 0.0255 e. The van der Waals surface area contributed by atoms with E-state index in [1.165, 1.54) is 0 Å². The van der Waals surface area contributed by atoms with Gasteiger partial charge in [0.25, 0.3) is 0 Å². The van der Waals surface area contributed by atoms with E-state index in [0.29, 0.717) is 0 Å². The molecule has 0 fully saturated rings. The molecule has 0 amide bonds. The Kier molecular flexibility index (Phi) is 4.21. The van der Waals surface area contributed by atoms with Crippen LogP contribution in [0.2, 0.25) is 0 Å². The predicted octanol–water partition coefficient (Wildman–Crippen LogP) is 2.99. The Morgan fingerprint density at radius 2 is 1.80 bits per heavy atom. The van der Waals surface area contributed by atoms with Gasteiger partial charge < -0.3 is 0 Å². The van der Waals surface area contributed by atoms with Crippen LogP contribution in [-0.4, -0.2) is 4.75 Å². The second-order valence-corrected chi connectivity index (χ2v) is 3.79. The number of hydrogen-bond donors (Lipinski definition) is 1. The van der Waals surface area contributed by atoms with Gasteiger partial charge in [-0.3, -0.25) is 0 Å². The van der Waals surface area contributed by atoms with Gasteiger partial charge >= 0.3 is 0 Å². The highest BCUT2D eigenvalue weighted by atomic mass is 32.1. The molecule has 1 heteroatoms. The van der Waals surface area contributed by atoms with Crippen LogP contribution in [0, 0.1) is 0 Å². The monoisotopic (exact) mass is 154 g/mol. The molecule has 0 spiro atoms. The molecular formula is C9H14S. The lowest BCUT2D eigenvalue weighted by atomic mass is 10.2. The first-order valence-corrected chi connectivity index (χ1v) is 3.70. The molecule has 0 N–H and O–H groups in total. The van der Waals surface area contributed by atoms with Crippen molar-refractivity contribution in [1.82, 2.24) is 0 Å². The van der Waals surface area contributed by atoms with Gasteiger partial charge in [-0.1, -0.05) is 37.0 Å². The van der Waals surface area contributed by atoms with Crippen LogP contribution in [0.3, 0.4) is 0 Å². The predicted molar refractivity (Wildman–Crippen MR) is 51.5 cm³/mol. The molecule has 0 saturated carbocycles. The highest BCUT2D eigenvalue weighted by Crippen LogP contribution is 2.12. The summed E-state index contributed by atoms with van der Waals surface area (Å²) in [6.07, 6.45) is 9.56. The first-order valence-electron chi connectivity index (χ1n) is 3.25. The molecule has 56 valence electrons. The second kappa shape index (κ2) is 4.40. The first kappa shape index (κ1) is 9.57. The van der Waals surface area contributed by atoms with Crippen LogP contribution in [-0.2, 0) is 0 Å². The molecule has 0 aromatic rings. The topological polar surface area (TPSA) is 0 Å². The van der Waals surface area contributed by atoms with E-state index in [2.05, 4.69) is 19.2 Å². The van der Waals surface area contributed by atoms with E-state index < -0.39 is 0 Å². The van der Waals surface area contributed by atoms with Crippen LogP contribution in [0.1, 0.15) is 13.8 Å². The minimum atomic E-state index is -0.0223. The summed E-state index contributed by atoms with van der Waals surface area (Å²) in [4.78, 5) is 0. The van der Waals surface area contributed by atoms with Gasteiger partial charge in [0.2, 0.25) is 0 Å². The molecule has 0 aliphatic heterocycles. The van der Waals surface area contributed by atoms with Crippen LogP contribution >= 0.6 is 12.6 Å². The second-order valence-electron chi connectivity index (χ2n) is 2.63. The van der Waals surface area contributed by atoms with E-state index in [0.717, 1.165) is 0 Å². The largest absolute Gasteiger partial charge is 0.169 e. The summed E-state index contributed by atoms with van der Waals surface area (Å²) in [6, 6.07) is 0. The molecule has 0 aliphatic carbocycles. The average Bonchev–Trinajstić information content (AvgIpc) is 1.78. The summed E-state index contributed by atoms with van der Waals surface area (Å²) in [5, 5.41) is 0. The van der Waals surface area contributed by atoms with Crippen LogP contribution in [0.4, 0.5) is 0 Å². The summed E-state index contributed by atoms with van der Waals surface area (Å²) < 4.78 is -0.0223. The Morgan fingerprint density at radius 1 is 1.20 bits per heavy atom. The molecule has 0 aromatic heterocycles. The van der Waals surface area contributed by atoms with Gasteiger partial charge in [-0.05, 0) is 13.8 Å².